The van der Waals surface area contributed by atoms with Crippen molar-refractivity contribution in [2.45, 2.75) is 81.7 Å². The highest BCUT2D eigenvalue weighted by atomic mass is 32.2. The van der Waals surface area contributed by atoms with Crippen LogP contribution in [0.3, 0.4) is 0 Å². The third kappa shape index (κ3) is 4.11. The van der Waals surface area contributed by atoms with E-state index in [1.807, 2.05) is 27.0 Å². The highest BCUT2D eigenvalue weighted by Gasteiger charge is 2.61. The van der Waals surface area contributed by atoms with E-state index in [0.717, 1.165) is 50.1 Å². The fourth-order valence-electron chi connectivity index (χ4n) is 9.92. The lowest BCUT2D eigenvalue weighted by Gasteiger charge is -2.62. The molecule has 50 heavy (non-hydrogen) atoms. The van der Waals surface area contributed by atoms with E-state index in [1.165, 1.54) is 0 Å². The van der Waals surface area contributed by atoms with E-state index < -0.39 is 17.8 Å². The summed E-state index contributed by atoms with van der Waals surface area (Å²) in [6.45, 7) is 8.58. The Bertz CT molecular complexity index is 1990. The number of aromatic hydroxyl groups is 2. The van der Waals surface area contributed by atoms with Gasteiger partial charge < -0.3 is 34.3 Å². The summed E-state index contributed by atoms with van der Waals surface area (Å²) >= 11 is 1.66. The number of aliphatic hydroxyl groups is 1. The van der Waals surface area contributed by atoms with Crippen LogP contribution in [-0.4, -0.2) is 89.3 Å². The first-order valence-corrected chi connectivity index (χ1v) is 18.4. The van der Waals surface area contributed by atoms with Gasteiger partial charge in [-0.1, -0.05) is 6.07 Å². The Hall–Kier alpha value is -3.68. The average molecular weight is 702 g/mol. The van der Waals surface area contributed by atoms with E-state index in [9.17, 15) is 20.1 Å². The molecule has 10 rings (SSSR count). The van der Waals surface area contributed by atoms with Crippen LogP contribution in [0.1, 0.15) is 73.0 Å². The van der Waals surface area contributed by atoms with Crippen LogP contribution in [0, 0.1) is 27.7 Å². The summed E-state index contributed by atoms with van der Waals surface area (Å²) in [5.74, 6) is 2.09. The van der Waals surface area contributed by atoms with Crippen molar-refractivity contribution in [1.29, 1.82) is 0 Å². The van der Waals surface area contributed by atoms with Crippen molar-refractivity contribution < 1.29 is 39.1 Å². The minimum absolute atomic E-state index is 0.0237. The number of aliphatic hydroxyl groups excluding tert-OH is 1. The number of phenols is 2. The number of fused-ring (bicyclic) bond motifs is 9. The zero-order valence-electron chi connectivity index (χ0n) is 29.1. The number of piperazine rings is 1. The van der Waals surface area contributed by atoms with Crippen molar-refractivity contribution in [2.75, 3.05) is 39.9 Å². The number of phenolic OH excluding ortho intramolecular Hbond substituents is 2. The Morgan fingerprint density at radius 3 is 2.54 bits per heavy atom. The molecular weight excluding hydrogens is 658 g/mol. The molecule has 0 radical (unpaired) electrons. The summed E-state index contributed by atoms with van der Waals surface area (Å²) in [6, 6.07) is 4.28. The van der Waals surface area contributed by atoms with Crippen molar-refractivity contribution in [3.05, 3.63) is 73.8 Å². The molecule has 2 saturated heterocycles. The predicted molar refractivity (Wildman–Crippen MR) is 186 cm³/mol. The molecule has 0 amide bonds. The van der Waals surface area contributed by atoms with Crippen LogP contribution in [0.15, 0.2) is 18.2 Å². The molecule has 1 spiro atoms. The van der Waals surface area contributed by atoms with Crippen molar-refractivity contribution in [2.24, 2.45) is 0 Å². The summed E-state index contributed by atoms with van der Waals surface area (Å²) in [5, 5.41) is 38.4. The van der Waals surface area contributed by atoms with E-state index in [1.54, 1.807) is 24.9 Å². The molecule has 0 aliphatic carbocycles. The fourth-order valence-corrected chi connectivity index (χ4v) is 11.7. The topological polar surface area (TPSA) is 133 Å². The lowest BCUT2D eigenvalue weighted by atomic mass is 9.72. The van der Waals surface area contributed by atoms with Crippen LogP contribution in [0.5, 0.6) is 28.7 Å². The molecule has 7 aliphatic heterocycles. The molecule has 0 aromatic heterocycles. The SMILES string of the molecule is COc1c(C)cc2c(c1O)[C@@H]1C3[C@@H]4SC[C@]5(NCCc6cc(O)c(C)cc65)C(=O)OC[C@@H](c5c6c(c(C)c(C)c54)OCO6)N3[C@@H](O)[C@H](C2)N1C. The molecule has 12 heteroatoms. The summed E-state index contributed by atoms with van der Waals surface area (Å²) in [6.07, 6.45) is 0.294. The van der Waals surface area contributed by atoms with E-state index in [0.29, 0.717) is 48.0 Å². The molecule has 2 fully saturated rings. The number of carbonyl (C=O) groups excluding carboxylic acids is 1. The van der Waals surface area contributed by atoms with Gasteiger partial charge in [0.25, 0.3) is 0 Å². The molecule has 4 N–H and O–H groups in total. The number of likely N-dealkylation sites (N-methyl/N-ethyl adjacent to an activating group) is 1. The Morgan fingerprint density at radius 2 is 1.76 bits per heavy atom. The molecule has 4 bridgehead atoms. The highest BCUT2D eigenvalue weighted by Crippen LogP contribution is 2.63. The zero-order valence-corrected chi connectivity index (χ0v) is 29.9. The van der Waals surface area contributed by atoms with Gasteiger partial charge in [-0.25, -0.2) is 4.79 Å². The van der Waals surface area contributed by atoms with Gasteiger partial charge in [-0.3, -0.25) is 15.1 Å². The van der Waals surface area contributed by atoms with Crippen LogP contribution in [0.25, 0.3) is 0 Å². The number of esters is 1. The Labute approximate surface area is 295 Å². The van der Waals surface area contributed by atoms with Crippen LogP contribution >= 0.6 is 11.8 Å². The van der Waals surface area contributed by atoms with Crippen molar-refractivity contribution in [1.82, 2.24) is 15.1 Å². The third-order valence-corrected chi connectivity index (χ3v) is 13.9. The molecule has 264 valence electrons. The van der Waals surface area contributed by atoms with Gasteiger partial charge in [-0.2, -0.15) is 0 Å². The Kier molecular flexibility index (Phi) is 7.20. The van der Waals surface area contributed by atoms with Crippen LogP contribution in [0.2, 0.25) is 0 Å². The molecule has 0 saturated carbocycles. The molecule has 7 heterocycles. The van der Waals surface area contributed by atoms with Crippen molar-refractivity contribution >= 4 is 17.7 Å². The smallest absolute Gasteiger partial charge is 0.331 e. The van der Waals surface area contributed by atoms with Crippen molar-refractivity contribution in [3.8, 4) is 28.7 Å². The number of rotatable bonds is 1. The maximum absolute atomic E-state index is 14.6. The van der Waals surface area contributed by atoms with E-state index >= 15 is 0 Å². The second kappa shape index (κ2) is 11.2. The van der Waals surface area contributed by atoms with Gasteiger partial charge in [0.15, 0.2) is 28.5 Å². The van der Waals surface area contributed by atoms with Crippen LogP contribution < -0.4 is 19.5 Å². The lowest BCUT2D eigenvalue weighted by molar-refractivity contribution is -0.186. The first-order valence-electron chi connectivity index (χ1n) is 17.3. The second-order valence-corrected chi connectivity index (χ2v) is 15.9. The minimum atomic E-state index is -1.16. The first kappa shape index (κ1) is 32.2. The summed E-state index contributed by atoms with van der Waals surface area (Å²) < 4.78 is 24.4. The normalized spacial score (nSPS) is 31.1. The molecule has 3 aromatic rings. The van der Waals surface area contributed by atoms with Gasteiger partial charge in [-0.15, -0.1) is 11.8 Å². The first-order chi connectivity index (χ1) is 24.0. The summed E-state index contributed by atoms with van der Waals surface area (Å²) in [5.41, 5.74) is 8.01. The molecule has 1 unspecified atom stereocenters. The number of nitrogens with one attached hydrogen (secondary N) is 1. The van der Waals surface area contributed by atoms with Gasteiger partial charge in [0.1, 0.15) is 18.6 Å². The van der Waals surface area contributed by atoms with E-state index in [2.05, 4.69) is 35.0 Å². The van der Waals surface area contributed by atoms with E-state index in [4.69, 9.17) is 18.9 Å². The monoisotopic (exact) mass is 701 g/mol. The quantitative estimate of drug-likeness (QED) is 0.273. The maximum atomic E-state index is 14.6. The fraction of sp³-hybridized carbons (Fsp3) is 0.500. The Morgan fingerprint density at radius 1 is 0.980 bits per heavy atom. The zero-order chi connectivity index (χ0) is 35.0. The summed E-state index contributed by atoms with van der Waals surface area (Å²) in [7, 11) is 3.62. The highest BCUT2D eigenvalue weighted by molar-refractivity contribution is 7.99. The number of hydrogen-bond acceptors (Lipinski definition) is 12. The van der Waals surface area contributed by atoms with Gasteiger partial charge in [0.2, 0.25) is 6.79 Å². The van der Waals surface area contributed by atoms with Crippen molar-refractivity contribution in [3.63, 3.8) is 0 Å². The molecule has 7 aliphatic rings. The minimum Gasteiger partial charge on any atom is -0.508 e. The third-order valence-electron chi connectivity index (χ3n) is 12.4. The number of aryl methyl sites for hydroxylation is 2. The number of benzene rings is 3. The van der Waals surface area contributed by atoms with Gasteiger partial charge in [0.05, 0.1) is 25.2 Å². The standard InChI is InChI=1S/C38H43N3O8S/c1-16-10-22-20(12-25(16)42)7-8-39-38(22)14-50-35-26-18(3)19(4)33-34(49-15-48-33)28(26)24(13-47-37(38)45)41-30(35)29-27-21(11-23(36(41)44)40(29)5)9-17(2)32(46-6)31(27)43/h9-10,12,23-24,29-30,35-36,39,42-44H,7-8,11,13-15H2,1-6H3/t23-,24-,29+,30?,35+,36-,38+/m0/s1. The largest absolute Gasteiger partial charge is 0.508 e. The van der Waals surface area contributed by atoms with Gasteiger partial charge >= 0.3 is 5.97 Å². The number of carbonyl (C=O) groups is 1. The van der Waals surface area contributed by atoms with Crippen LogP contribution in [-0.2, 0) is 27.9 Å². The number of ether oxygens (including phenoxy) is 4. The Balaban J connectivity index is 1.30. The number of methoxy groups -OCH3 is 1. The number of nitrogens with zero attached hydrogens (tertiary/aromatic N) is 2. The van der Waals surface area contributed by atoms with E-state index in [-0.39, 0.29) is 54.2 Å². The number of hydrogen-bond donors (Lipinski definition) is 4. The lowest BCUT2D eigenvalue weighted by Crippen LogP contribution is -2.70. The number of thioether (sulfide) groups is 1. The van der Waals surface area contributed by atoms with Gasteiger partial charge in [0, 0.05) is 34.7 Å². The summed E-state index contributed by atoms with van der Waals surface area (Å²) in [4.78, 5) is 18.9. The maximum Gasteiger partial charge on any atom is 0.331 e. The molecular formula is C38H43N3O8S. The molecule has 11 nitrogen and oxygen atoms in total. The van der Waals surface area contributed by atoms with Crippen LogP contribution in [0.4, 0.5) is 0 Å². The van der Waals surface area contributed by atoms with Gasteiger partial charge in [-0.05, 0) is 104 Å². The molecule has 3 aromatic carbocycles. The predicted octanol–water partition coefficient (Wildman–Crippen LogP) is 4.10. The second-order valence-electron chi connectivity index (χ2n) is 14.7. The average Bonchev–Trinajstić information content (AvgIpc) is 3.58. The molecule has 7 atom stereocenters.